The molecule has 0 heterocycles. The van der Waals surface area contributed by atoms with Gasteiger partial charge in [0.1, 0.15) is 0 Å². The van der Waals surface area contributed by atoms with Crippen molar-refractivity contribution in [3.05, 3.63) is 90.2 Å². The van der Waals surface area contributed by atoms with Crippen molar-refractivity contribution in [3.63, 3.8) is 0 Å². The molecule has 2 N–H and O–H groups in total. The Kier molecular flexibility index (Phi) is 9.85. The smallest absolute Gasteiger partial charge is 0.251 e. The molecule has 4 nitrogen and oxygen atoms in total. The molecule has 1 aromatic carbocycles. The summed E-state index contributed by atoms with van der Waals surface area (Å²) in [6.07, 6.45) is 13.1. The zero-order chi connectivity index (χ0) is 20.9. The summed E-state index contributed by atoms with van der Waals surface area (Å²) in [5.41, 5.74) is 4.69. The van der Waals surface area contributed by atoms with Gasteiger partial charge in [-0.2, -0.15) is 5.26 Å². The largest absolute Gasteiger partial charge is 0.355 e. The maximum Gasteiger partial charge on any atom is 0.251 e. The van der Waals surface area contributed by atoms with E-state index in [1.807, 2.05) is 12.1 Å². The fourth-order valence-corrected chi connectivity index (χ4v) is 2.73. The highest BCUT2D eigenvalue weighted by molar-refractivity contribution is 5.94. The summed E-state index contributed by atoms with van der Waals surface area (Å²) in [6.45, 7) is 13.5. The molecule has 0 fully saturated rings. The molecular weight excluding hydrogens is 346 g/mol. The number of carbonyl (C=O) groups excluding carboxylic acids is 1. The molecule has 0 unspecified atom stereocenters. The lowest BCUT2D eigenvalue weighted by Crippen LogP contribution is -2.17. The Balaban J connectivity index is 0.000000307. The zero-order valence-electron chi connectivity index (χ0n) is 16.8. The third-order valence-electron chi connectivity index (χ3n) is 4.47. The first-order valence-electron chi connectivity index (χ1n) is 9.22. The van der Waals surface area contributed by atoms with E-state index in [4.69, 9.17) is 5.26 Å². The number of benzene rings is 1. The SMILES string of the molecule is C=C(/C=C/c1cccc(C(=O)NC)c1)NC#N.C=CC1=CC[C@@H](C(=C)C)CC1. The van der Waals surface area contributed by atoms with Crippen molar-refractivity contribution in [3.8, 4) is 6.19 Å². The molecule has 146 valence electrons. The quantitative estimate of drug-likeness (QED) is 0.314. The summed E-state index contributed by atoms with van der Waals surface area (Å²) < 4.78 is 0. The first-order chi connectivity index (χ1) is 13.4. The number of hydrogen-bond acceptors (Lipinski definition) is 3. The van der Waals surface area contributed by atoms with Crippen molar-refractivity contribution in [2.24, 2.45) is 5.92 Å². The second-order valence-electron chi connectivity index (χ2n) is 6.60. The van der Waals surface area contributed by atoms with Crippen molar-refractivity contribution >= 4 is 12.0 Å². The number of amides is 1. The maximum absolute atomic E-state index is 11.4. The van der Waals surface area contributed by atoms with Crippen LogP contribution in [0.2, 0.25) is 0 Å². The van der Waals surface area contributed by atoms with E-state index < -0.39 is 0 Å². The number of hydrogen-bond donors (Lipinski definition) is 2. The second kappa shape index (κ2) is 12.1. The molecule has 0 aromatic heterocycles. The molecule has 0 spiro atoms. The Morgan fingerprint density at radius 2 is 2.11 bits per heavy atom. The van der Waals surface area contributed by atoms with Gasteiger partial charge < -0.3 is 5.32 Å². The lowest BCUT2D eigenvalue weighted by atomic mass is 9.86. The normalized spacial score (nSPS) is 15.3. The average molecular weight is 376 g/mol. The van der Waals surface area contributed by atoms with Crippen molar-refractivity contribution in [1.29, 1.82) is 5.26 Å². The summed E-state index contributed by atoms with van der Waals surface area (Å²) >= 11 is 0. The van der Waals surface area contributed by atoms with E-state index in [-0.39, 0.29) is 5.91 Å². The van der Waals surface area contributed by atoms with E-state index in [1.54, 1.807) is 43.6 Å². The molecule has 0 bridgehead atoms. The van der Waals surface area contributed by atoms with Crippen LogP contribution in [0.15, 0.2) is 79.1 Å². The van der Waals surface area contributed by atoms with Crippen LogP contribution in [0.25, 0.3) is 6.08 Å². The van der Waals surface area contributed by atoms with Gasteiger partial charge in [0, 0.05) is 18.3 Å². The van der Waals surface area contributed by atoms with Gasteiger partial charge in [0.15, 0.2) is 6.19 Å². The topological polar surface area (TPSA) is 64.9 Å². The highest BCUT2D eigenvalue weighted by Gasteiger charge is 2.12. The van der Waals surface area contributed by atoms with Gasteiger partial charge in [0.05, 0.1) is 0 Å². The van der Waals surface area contributed by atoms with Crippen LogP contribution in [0.4, 0.5) is 0 Å². The molecule has 0 saturated heterocycles. The summed E-state index contributed by atoms with van der Waals surface area (Å²) in [5.74, 6) is 0.591. The third-order valence-corrected chi connectivity index (χ3v) is 4.47. The van der Waals surface area contributed by atoms with Crippen molar-refractivity contribution in [1.82, 2.24) is 10.6 Å². The Hall–Kier alpha value is -3.32. The van der Waals surface area contributed by atoms with Crippen LogP contribution >= 0.6 is 0 Å². The summed E-state index contributed by atoms with van der Waals surface area (Å²) in [4.78, 5) is 11.4. The molecule has 0 radical (unpaired) electrons. The van der Waals surface area contributed by atoms with Gasteiger partial charge in [0.25, 0.3) is 5.91 Å². The van der Waals surface area contributed by atoms with Gasteiger partial charge in [0.2, 0.25) is 0 Å². The van der Waals surface area contributed by atoms with E-state index >= 15 is 0 Å². The summed E-state index contributed by atoms with van der Waals surface area (Å²) in [7, 11) is 1.59. The van der Waals surface area contributed by atoms with E-state index in [0.717, 1.165) is 17.9 Å². The Morgan fingerprint density at radius 1 is 1.36 bits per heavy atom. The van der Waals surface area contributed by atoms with Gasteiger partial charge in [-0.15, -0.1) is 0 Å². The second-order valence-corrected chi connectivity index (χ2v) is 6.60. The van der Waals surface area contributed by atoms with Crippen molar-refractivity contribution < 1.29 is 4.79 Å². The Labute approximate surface area is 168 Å². The minimum absolute atomic E-state index is 0.130. The predicted molar refractivity (Wildman–Crippen MR) is 117 cm³/mol. The number of carbonyl (C=O) groups is 1. The number of allylic oxidation sites excluding steroid dienone is 5. The molecule has 0 aliphatic heterocycles. The van der Waals surface area contributed by atoms with Gasteiger partial charge in [-0.05, 0) is 55.9 Å². The lowest BCUT2D eigenvalue weighted by Gasteiger charge is -2.20. The van der Waals surface area contributed by atoms with Crippen molar-refractivity contribution in [2.45, 2.75) is 26.2 Å². The Morgan fingerprint density at radius 3 is 2.64 bits per heavy atom. The fraction of sp³-hybridized carbons (Fsp3) is 0.250. The van der Waals surface area contributed by atoms with Gasteiger partial charge >= 0.3 is 0 Å². The highest BCUT2D eigenvalue weighted by Crippen LogP contribution is 2.28. The molecule has 2 rings (SSSR count). The highest BCUT2D eigenvalue weighted by atomic mass is 16.1. The van der Waals surface area contributed by atoms with Crippen LogP contribution < -0.4 is 10.6 Å². The minimum Gasteiger partial charge on any atom is -0.355 e. The molecule has 1 atom stereocenters. The van der Waals surface area contributed by atoms with Gasteiger partial charge in [-0.3, -0.25) is 10.1 Å². The molecule has 1 aliphatic carbocycles. The van der Waals surface area contributed by atoms with Crippen LogP contribution in [-0.4, -0.2) is 13.0 Å². The van der Waals surface area contributed by atoms with E-state index in [9.17, 15) is 4.79 Å². The average Bonchev–Trinajstić information content (AvgIpc) is 2.72. The molecule has 4 heteroatoms. The van der Waals surface area contributed by atoms with Gasteiger partial charge in [-0.25, -0.2) is 0 Å². The summed E-state index contributed by atoms with van der Waals surface area (Å²) in [6, 6.07) is 7.15. The Bertz CT molecular complexity index is 824. The molecular formula is C24H29N3O. The monoisotopic (exact) mass is 375 g/mol. The molecule has 0 saturated carbocycles. The first-order valence-corrected chi connectivity index (χ1v) is 9.22. The van der Waals surface area contributed by atoms with E-state index in [2.05, 4.69) is 43.4 Å². The molecule has 1 aromatic rings. The first kappa shape index (κ1) is 22.7. The summed E-state index contributed by atoms with van der Waals surface area (Å²) in [5, 5.41) is 13.3. The fourth-order valence-electron chi connectivity index (χ4n) is 2.73. The number of rotatable bonds is 6. The van der Waals surface area contributed by atoms with Crippen LogP contribution in [0.1, 0.15) is 42.1 Å². The number of nitrogens with zero attached hydrogens (tertiary/aromatic N) is 1. The molecule has 1 amide bonds. The third kappa shape index (κ3) is 7.92. The van der Waals surface area contributed by atoms with E-state index in [0.29, 0.717) is 11.3 Å². The van der Waals surface area contributed by atoms with Crippen LogP contribution in [0.3, 0.4) is 0 Å². The number of nitrogens with one attached hydrogen (secondary N) is 2. The minimum atomic E-state index is -0.130. The lowest BCUT2D eigenvalue weighted by molar-refractivity contribution is 0.0963. The predicted octanol–water partition coefficient (Wildman–Crippen LogP) is 5.12. The van der Waals surface area contributed by atoms with Crippen molar-refractivity contribution in [2.75, 3.05) is 7.05 Å². The zero-order valence-corrected chi connectivity index (χ0v) is 16.8. The molecule has 28 heavy (non-hydrogen) atoms. The maximum atomic E-state index is 11.4. The van der Waals surface area contributed by atoms with Crippen LogP contribution in [-0.2, 0) is 0 Å². The number of nitriles is 1. The van der Waals surface area contributed by atoms with E-state index in [1.165, 1.54) is 24.0 Å². The van der Waals surface area contributed by atoms with Gasteiger partial charge in [-0.1, -0.05) is 61.2 Å². The standard InChI is InChI=1S/C13H13N3O.C11H16/c1-10(16-9-14)6-7-11-4-3-5-12(8-11)13(17)15-2;1-4-10-5-7-11(8-6-10)9(2)3/h3-8,16H,1H2,2H3,(H,15,17);4-5,11H,1-2,6-8H2,3H3/b7-6+;/t;11-/m.1/s1. The van der Waals surface area contributed by atoms with Crippen LogP contribution in [0.5, 0.6) is 0 Å². The molecule has 1 aliphatic rings. The van der Waals surface area contributed by atoms with Crippen LogP contribution in [0, 0.1) is 17.4 Å².